The minimum Gasteiger partial charge on any atom is -0.462 e. The summed E-state index contributed by atoms with van der Waals surface area (Å²) in [5.74, 6) is -0.648. The Labute approximate surface area is 118 Å². The van der Waals surface area contributed by atoms with E-state index in [4.69, 9.17) is 4.74 Å². The van der Waals surface area contributed by atoms with Gasteiger partial charge in [-0.05, 0) is 26.7 Å². The standard InChI is InChI=1S/C12H19N3O4S/c1-3-14-9-10(12(16)19-4-2)11(13-14)20(17,18)15-7-5-6-8-15/h9H,3-8H2,1-2H3. The molecule has 0 amide bonds. The van der Waals surface area contributed by atoms with Gasteiger partial charge in [0.2, 0.25) is 5.03 Å². The second-order valence-electron chi connectivity index (χ2n) is 4.54. The van der Waals surface area contributed by atoms with Crippen molar-refractivity contribution in [1.29, 1.82) is 0 Å². The van der Waals surface area contributed by atoms with E-state index in [1.165, 1.54) is 15.2 Å². The van der Waals surface area contributed by atoms with Crippen molar-refractivity contribution in [2.45, 2.75) is 38.3 Å². The Hall–Kier alpha value is -1.41. The molecule has 1 fully saturated rings. The van der Waals surface area contributed by atoms with Gasteiger partial charge in [0.15, 0.2) is 0 Å². The molecule has 0 spiro atoms. The molecular formula is C12H19N3O4S. The predicted molar refractivity (Wildman–Crippen MR) is 71.9 cm³/mol. The van der Waals surface area contributed by atoms with Crippen molar-refractivity contribution in [1.82, 2.24) is 14.1 Å². The molecule has 0 atom stereocenters. The number of aryl methyl sites for hydroxylation is 1. The molecule has 7 nitrogen and oxygen atoms in total. The predicted octanol–water partition coefficient (Wildman–Crippen LogP) is 0.864. The van der Waals surface area contributed by atoms with E-state index in [1.807, 2.05) is 6.92 Å². The molecule has 112 valence electrons. The minimum absolute atomic E-state index is 0.0144. The number of hydrogen-bond acceptors (Lipinski definition) is 5. The fraction of sp³-hybridized carbons (Fsp3) is 0.667. The SMILES string of the molecule is CCOC(=O)c1cn(CC)nc1S(=O)(=O)N1CCCC1. The number of aromatic nitrogens is 2. The van der Waals surface area contributed by atoms with Gasteiger partial charge in [-0.3, -0.25) is 4.68 Å². The topological polar surface area (TPSA) is 81.5 Å². The molecule has 0 radical (unpaired) electrons. The molecule has 1 aromatic heterocycles. The molecule has 8 heteroatoms. The first-order valence-corrected chi connectivity index (χ1v) is 8.19. The minimum atomic E-state index is -3.72. The lowest BCUT2D eigenvalue weighted by molar-refractivity contribution is 0.0521. The summed E-state index contributed by atoms with van der Waals surface area (Å²) in [5.41, 5.74) is 0.0144. The normalized spacial score (nSPS) is 16.5. The lowest BCUT2D eigenvalue weighted by Gasteiger charge is -2.14. The zero-order chi connectivity index (χ0) is 14.8. The Morgan fingerprint density at radius 3 is 2.55 bits per heavy atom. The van der Waals surface area contributed by atoms with Crippen molar-refractivity contribution in [3.8, 4) is 0 Å². The number of carbonyl (C=O) groups is 1. The molecule has 1 saturated heterocycles. The number of sulfonamides is 1. The van der Waals surface area contributed by atoms with E-state index >= 15 is 0 Å². The van der Waals surface area contributed by atoms with Gasteiger partial charge in [0.1, 0.15) is 5.56 Å². The smallest absolute Gasteiger partial charge is 0.342 e. The maximum atomic E-state index is 12.5. The Morgan fingerprint density at radius 1 is 1.35 bits per heavy atom. The van der Waals surface area contributed by atoms with Gasteiger partial charge >= 0.3 is 5.97 Å². The summed E-state index contributed by atoms with van der Waals surface area (Å²) >= 11 is 0. The van der Waals surface area contributed by atoms with Gasteiger partial charge in [-0.1, -0.05) is 0 Å². The molecule has 20 heavy (non-hydrogen) atoms. The Morgan fingerprint density at radius 2 is 2.00 bits per heavy atom. The highest BCUT2D eigenvalue weighted by molar-refractivity contribution is 7.89. The van der Waals surface area contributed by atoms with Crippen molar-refractivity contribution in [3.63, 3.8) is 0 Å². The van der Waals surface area contributed by atoms with E-state index in [0.29, 0.717) is 19.6 Å². The second kappa shape index (κ2) is 5.92. The highest BCUT2D eigenvalue weighted by atomic mass is 32.2. The van der Waals surface area contributed by atoms with E-state index in [-0.39, 0.29) is 17.2 Å². The first-order chi connectivity index (χ1) is 9.50. The molecular weight excluding hydrogens is 282 g/mol. The Kier molecular flexibility index (Phi) is 4.44. The average molecular weight is 301 g/mol. The van der Waals surface area contributed by atoms with E-state index in [2.05, 4.69) is 5.10 Å². The van der Waals surface area contributed by atoms with Crippen LogP contribution in [0.4, 0.5) is 0 Å². The molecule has 0 bridgehead atoms. The summed E-state index contributed by atoms with van der Waals surface area (Å²) in [6, 6.07) is 0. The van der Waals surface area contributed by atoms with E-state index in [1.54, 1.807) is 6.92 Å². The van der Waals surface area contributed by atoms with Crippen LogP contribution in [0.5, 0.6) is 0 Å². The molecule has 0 N–H and O–H groups in total. The average Bonchev–Trinajstić information content (AvgIpc) is 3.08. The molecule has 2 heterocycles. The van der Waals surface area contributed by atoms with Crippen molar-refractivity contribution >= 4 is 16.0 Å². The molecule has 1 aliphatic rings. The first kappa shape index (κ1) is 15.0. The fourth-order valence-corrected chi connectivity index (χ4v) is 3.76. The van der Waals surface area contributed by atoms with Crippen LogP contribution in [0.1, 0.15) is 37.0 Å². The molecule has 1 aromatic rings. The zero-order valence-corrected chi connectivity index (χ0v) is 12.5. The first-order valence-electron chi connectivity index (χ1n) is 6.75. The van der Waals surface area contributed by atoms with Gasteiger partial charge in [0.05, 0.1) is 6.61 Å². The third-order valence-corrected chi connectivity index (χ3v) is 5.03. The van der Waals surface area contributed by atoms with Crippen LogP contribution in [-0.2, 0) is 21.3 Å². The second-order valence-corrected chi connectivity index (χ2v) is 6.39. The third kappa shape index (κ3) is 2.71. The van der Waals surface area contributed by atoms with Crippen LogP contribution < -0.4 is 0 Å². The molecule has 2 rings (SSSR count). The van der Waals surface area contributed by atoms with Crippen molar-refractivity contribution in [3.05, 3.63) is 11.8 Å². The van der Waals surface area contributed by atoms with E-state index in [9.17, 15) is 13.2 Å². The number of nitrogens with zero attached hydrogens (tertiary/aromatic N) is 3. The van der Waals surface area contributed by atoms with Crippen LogP contribution >= 0.6 is 0 Å². The van der Waals surface area contributed by atoms with Gasteiger partial charge in [-0.15, -0.1) is 0 Å². The third-order valence-electron chi connectivity index (χ3n) is 3.20. The molecule has 0 unspecified atom stereocenters. The van der Waals surface area contributed by atoms with Crippen LogP contribution in [0.2, 0.25) is 0 Å². The molecule has 0 aromatic carbocycles. The Balaban J connectivity index is 2.43. The number of rotatable bonds is 5. The highest BCUT2D eigenvalue weighted by Crippen LogP contribution is 2.23. The van der Waals surface area contributed by atoms with Gasteiger partial charge in [0, 0.05) is 25.8 Å². The van der Waals surface area contributed by atoms with Crippen molar-refractivity contribution in [2.24, 2.45) is 0 Å². The van der Waals surface area contributed by atoms with Crippen LogP contribution in [0.15, 0.2) is 11.2 Å². The summed E-state index contributed by atoms with van der Waals surface area (Å²) in [4.78, 5) is 11.9. The van der Waals surface area contributed by atoms with Crippen molar-refractivity contribution < 1.29 is 17.9 Å². The molecule has 0 saturated carbocycles. The van der Waals surface area contributed by atoms with Crippen LogP contribution in [-0.4, -0.2) is 48.2 Å². The summed E-state index contributed by atoms with van der Waals surface area (Å²) < 4.78 is 32.8. The summed E-state index contributed by atoms with van der Waals surface area (Å²) in [5, 5.41) is 3.84. The summed E-state index contributed by atoms with van der Waals surface area (Å²) in [7, 11) is -3.72. The number of hydrogen-bond donors (Lipinski definition) is 0. The lowest BCUT2D eigenvalue weighted by Crippen LogP contribution is -2.29. The number of esters is 1. The lowest BCUT2D eigenvalue weighted by atomic mass is 10.4. The van der Waals surface area contributed by atoms with Crippen molar-refractivity contribution in [2.75, 3.05) is 19.7 Å². The quantitative estimate of drug-likeness (QED) is 0.754. The zero-order valence-electron chi connectivity index (χ0n) is 11.7. The van der Waals surface area contributed by atoms with Gasteiger partial charge in [0.25, 0.3) is 10.0 Å². The summed E-state index contributed by atoms with van der Waals surface area (Å²) in [6.07, 6.45) is 3.10. The van der Waals surface area contributed by atoms with Gasteiger partial charge in [-0.25, -0.2) is 13.2 Å². The van der Waals surface area contributed by atoms with E-state index < -0.39 is 16.0 Å². The molecule has 1 aliphatic heterocycles. The number of carbonyl (C=O) groups excluding carboxylic acids is 1. The maximum absolute atomic E-state index is 12.5. The van der Waals surface area contributed by atoms with Crippen LogP contribution in [0, 0.1) is 0 Å². The van der Waals surface area contributed by atoms with Gasteiger partial charge < -0.3 is 4.74 Å². The van der Waals surface area contributed by atoms with Crippen LogP contribution in [0.3, 0.4) is 0 Å². The summed E-state index contributed by atoms with van der Waals surface area (Å²) in [6.45, 7) is 5.14. The maximum Gasteiger partial charge on any atom is 0.342 e. The fourth-order valence-electron chi connectivity index (χ4n) is 2.16. The molecule has 0 aliphatic carbocycles. The van der Waals surface area contributed by atoms with Crippen LogP contribution in [0.25, 0.3) is 0 Å². The largest absolute Gasteiger partial charge is 0.462 e. The number of ether oxygens (including phenoxy) is 1. The van der Waals surface area contributed by atoms with E-state index in [0.717, 1.165) is 12.8 Å². The van der Waals surface area contributed by atoms with Gasteiger partial charge in [-0.2, -0.15) is 9.40 Å². The monoisotopic (exact) mass is 301 g/mol. The Bertz CT molecular complexity index is 588. The highest BCUT2D eigenvalue weighted by Gasteiger charge is 2.34.